The summed E-state index contributed by atoms with van der Waals surface area (Å²) in [7, 11) is 0. The number of rotatable bonds is 4. The molecule has 2 aromatic carbocycles. The smallest absolute Gasteiger partial charge is 0.417 e. The molecule has 6 nitrogen and oxygen atoms in total. The van der Waals surface area contributed by atoms with Crippen LogP contribution in [-0.2, 0) is 6.61 Å². The van der Waals surface area contributed by atoms with E-state index in [1.54, 1.807) is 22.9 Å². The number of para-hydroxylation sites is 1. The number of aromatic nitrogens is 3. The normalized spacial score (nSPS) is 11.0. The minimum atomic E-state index is -0.473. The molecular formula is C17H13N3O3. The number of fused-ring (bicyclic) bond motifs is 1. The van der Waals surface area contributed by atoms with Gasteiger partial charge in [-0.25, -0.2) is 9.48 Å². The van der Waals surface area contributed by atoms with Crippen LogP contribution in [0.2, 0.25) is 0 Å². The van der Waals surface area contributed by atoms with Gasteiger partial charge in [0.05, 0.1) is 11.2 Å². The van der Waals surface area contributed by atoms with Crippen molar-refractivity contribution < 1.29 is 9.15 Å². The van der Waals surface area contributed by atoms with Gasteiger partial charge in [0, 0.05) is 12.3 Å². The van der Waals surface area contributed by atoms with Crippen molar-refractivity contribution in [3.05, 3.63) is 77.0 Å². The molecule has 0 amide bonds. The summed E-state index contributed by atoms with van der Waals surface area (Å²) in [6.45, 7) is 0.341. The lowest BCUT2D eigenvalue weighted by Crippen LogP contribution is -1.99. The largest absolute Gasteiger partial charge is 0.487 e. The Morgan fingerprint density at radius 2 is 2.00 bits per heavy atom. The van der Waals surface area contributed by atoms with Crippen molar-refractivity contribution in [1.29, 1.82) is 0 Å². The van der Waals surface area contributed by atoms with Crippen molar-refractivity contribution in [1.82, 2.24) is 14.8 Å². The third kappa shape index (κ3) is 2.74. The topological polar surface area (TPSA) is 73.1 Å². The van der Waals surface area contributed by atoms with Gasteiger partial charge in [-0.1, -0.05) is 18.2 Å². The number of nitrogens with one attached hydrogen (secondary N) is 1. The van der Waals surface area contributed by atoms with E-state index in [0.717, 1.165) is 11.4 Å². The highest BCUT2D eigenvalue weighted by Gasteiger charge is 2.05. The number of hydrogen-bond acceptors (Lipinski definition) is 4. The Labute approximate surface area is 130 Å². The molecule has 0 bridgehead atoms. The second kappa shape index (κ2) is 5.49. The van der Waals surface area contributed by atoms with Crippen molar-refractivity contribution >= 4 is 11.1 Å². The van der Waals surface area contributed by atoms with E-state index in [0.29, 0.717) is 23.5 Å². The molecule has 4 rings (SSSR count). The number of ether oxygens (including phenoxy) is 1. The predicted octanol–water partition coefficient (Wildman–Crippen LogP) is 2.89. The monoisotopic (exact) mass is 307 g/mol. The molecule has 4 aromatic rings. The van der Waals surface area contributed by atoms with E-state index in [1.807, 2.05) is 42.6 Å². The third-order valence-electron chi connectivity index (χ3n) is 3.44. The van der Waals surface area contributed by atoms with E-state index in [4.69, 9.17) is 9.15 Å². The maximum absolute atomic E-state index is 11.1. The van der Waals surface area contributed by atoms with Gasteiger partial charge < -0.3 is 9.15 Å². The zero-order chi connectivity index (χ0) is 15.6. The van der Waals surface area contributed by atoms with Gasteiger partial charge >= 0.3 is 5.76 Å². The van der Waals surface area contributed by atoms with Crippen LogP contribution in [0, 0.1) is 0 Å². The Bertz CT molecular complexity index is 999. The summed E-state index contributed by atoms with van der Waals surface area (Å²) in [5.41, 5.74) is 2.93. The van der Waals surface area contributed by atoms with Crippen molar-refractivity contribution in [2.75, 3.05) is 0 Å². The Morgan fingerprint density at radius 1 is 1.13 bits per heavy atom. The van der Waals surface area contributed by atoms with Crippen molar-refractivity contribution in [2.24, 2.45) is 0 Å². The quantitative estimate of drug-likeness (QED) is 0.629. The summed E-state index contributed by atoms with van der Waals surface area (Å²) >= 11 is 0. The summed E-state index contributed by atoms with van der Waals surface area (Å²) in [6.07, 6.45) is 1.89. The number of H-pyrrole nitrogens is 1. The summed E-state index contributed by atoms with van der Waals surface area (Å²) in [6, 6.07) is 17.0. The number of aromatic amines is 1. The second-order valence-corrected chi connectivity index (χ2v) is 5.05. The van der Waals surface area contributed by atoms with E-state index in [9.17, 15) is 4.79 Å². The van der Waals surface area contributed by atoms with Crippen LogP contribution < -0.4 is 10.5 Å². The van der Waals surface area contributed by atoms with Gasteiger partial charge in [0.25, 0.3) is 0 Å². The Hall–Kier alpha value is -3.28. The molecule has 0 fully saturated rings. The first-order valence-corrected chi connectivity index (χ1v) is 7.13. The lowest BCUT2D eigenvalue weighted by molar-refractivity contribution is 0.301. The molecule has 0 aliphatic rings. The fraction of sp³-hybridized carbons (Fsp3) is 0.0588. The van der Waals surface area contributed by atoms with E-state index >= 15 is 0 Å². The van der Waals surface area contributed by atoms with E-state index in [-0.39, 0.29) is 0 Å². The first kappa shape index (κ1) is 13.4. The summed E-state index contributed by atoms with van der Waals surface area (Å²) in [4.78, 5) is 13.7. The van der Waals surface area contributed by atoms with Gasteiger partial charge in [0.1, 0.15) is 18.1 Å². The van der Waals surface area contributed by atoms with Crippen molar-refractivity contribution in [3.63, 3.8) is 0 Å². The molecule has 0 atom stereocenters. The van der Waals surface area contributed by atoms with Gasteiger partial charge in [-0.05, 0) is 30.3 Å². The number of hydrogen-bond donors (Lipinski definition) is 1. The van der Waals surface area contributed by atoms with Crippen LogP contribution in [0.25, 0.3) is 16.8 Å². The SMILES string of the molecule is O=c1[nH]c2cc(OCc3ccn(-c4ccccc4)n3)ccc2o1. The standard InChI is InChI=1S/C17H13N3O3/c21-17-18-15-10-14(6-7-16(15)23-17)22-11-12-8-9-20(19-12)13-4-2-1-3-5-13/h1-10H,11H2,(H,18,21). The number of nitrogens with zero attached hydrogens (tertiary/aromatic N) is 2. The molecule has 0 unspecified atom stereocenters. The maximum Gasteiger partial charge on any atom is 0.417 e. The molecule has 6 heteroatoms. The van der Waals surface area contributed by atoms with Crippen LogP contribution in [0.4, 0.5) is 0 Å². The molecule has 2 heterocycles. The summed E-state index contributed by atoms with van der Waals surface area (Å²) < 4.78 is 12.5. The highest BCUT2D eigenvalue weighted by molar-refractivity contribution is 5.73. The summed E-state index contributed by atoms with van der Waals surface area (Å²) in [5, 5.41) is 4.48. The van der Waals surface area contributed by atoms with Crippen LogP contribution >= 0.6 is 0 Å². The summed E-state index contributed by atoms with van der Waals surface area (Å²) in [5.74, 6) is 0.169. The fourth-order valence-corrected chi connectivity index (χ4v) is 2.34. The van der Waals surface area contributed by atoms with Gasteiger partial charge in [0.2, 0.25) is 0 Å². The highest BCUT2D eigenvalue weighted by atomic mass is 16.5. The predicted molar refractivity (Wildman–Crippen MR) is 84.7 cm³/mol. The van der Waals surface area contributed by atoms with Crippen LogP contribution in [0.15, 0.2) is 70.0 Å². The van der Waals surface area contributed by atoms with Gasteiger partial charge in [-0.2, -0.15) is 5.10 Å². The molecule has 0 saturated carbocycles. The van der Waals surface area contributed by atoms with Crippen LogP contribution in [-0.4, -0.2) is 14.8 Å². The molecule has 0 radical (unpaired) electrons. The lowest BCUT2D eigenvalue weighted by Gasteiger charge is -2.04. The van der Waals surface area contributed by atoms with Gasteiger partial charge in [0.15, 0.2) is 5.58 Å². The maximum atomic E-state index is 11.1. The Morgan fingerprint density at radius 3 is 2.87 bits per heavy atom. The highest BCUT2D eigenvalue weighted by Crippen LogP contribution is 2.19. The van der Waals surface area contributed by atoms with Crippen molar-refractivity contribution in [2.45, 2.75) is 6.61 Å². The minimum Gasteiger partial charge on any atom is -0.487 e. The first-order chi connectivity index (χ1) is 11.3. The van der Waals surface area contributed by atoms with Crippen LogP contribution in [0.3, 0.4) is 0 Å². The zero-order valence-electron chi connectivity index (χ0n) is 12.1. The Kier molecular flexibility index (Phi) is 3.20. The Balaban J connectivity index is 1.50. The zero-order valence-corrected chi connectivity index (χ0v) is 12.1. The molecule has 114 valence electrons. The number of benzene rings is 2. The van der Waals surface area contributed by atoms with E-state index < -0.39 is 5.76 Å². The fourth-order valence-electron chi connectivity index (χ4n) is 2.34. The third-order valence-corrected chi connectivity index (χ3v) is 3.44. The molecule has 1 N–H and O–H groups in total. The van der Waals surface area contributed by atoms with Gasteiger partial charge in [-0.15, -0.1) is 0 Å². The van der Waals surface area contributed by atoms with Crippen molar-refractivity contribution in [3.8, 4) is 11.4 Å². The molecule has 23 heavy (non-hydrogen) atoms. The average Bonchev–Trinajstić information content (AvgIpc) is 3.18. The second-order valence-electron chi connectivity index (χ2n) is 5.05. The number of oxazole rings is 1. The van der Waals surface area contributed by atoms with E-state index in [1.165, 1.54) is 0 Å². The van der Waals surface area contributed by atoms with Crippen LogP contribution in [0.5, 0.6) is 5.75 Å². The lowest BCUT2D eigenvalue weighted by atomic mass is 10.3. The first-order valence-electron chi connectivity index (χ1n) is 7.13. The van der Waals surface area contributed by atoms with E-state index in [2.05, 4.69) is 10.1 Å². The average molecular weight is 307 g/mol. The minimum absolute atomic E-state index is 0.341. The molecule has 0 aliphatic heterocycles. The molecular weight excluding hydrogens is 294 g/mol. The molecule has 0 aliphatic carbocycles. The molecule has 2 aromatic heterocycles. The van der Waals surface area contributed by atoms with Gasteiger partial charge in [-0.3, -0.25) is 4.98 Å². The molecule has 0 spiro atoms. The van der Waals surface area contributed by atoms with Crippen LogP contribution in [0.1, 0.15) is 5.69 Å². The molecule has 0 saturated heterocycles.